The van der Waals surface area contributed by atoms with Gasteiger partial charge in [-0.05, 0) is 50.4 Å². The molecule has 0 bridgehead atoms. The van der Waals surface area contributed by atoms with E-state index in [1.807, 2.05) is 0 Å². The number of benzene rings is 1. The summed E-state index contributed by atoms with van der Waals surface area (Å²) in [5.74, 6) is 0.224. The zero-order chi connectivity index (χ0) is 15.4. The number of likely N-dealkylation sites (tertiary alicyclic amines) is 1. The molecule has 5 heteroatoms. The zero-order valence-electron chi connectivity index (χ0n) is 12.7. The standard InChI is InChI=1S/C16H24FN3O/c1-11-8-12(2)20(10-11)7-3-4-16(21)19-13-5-6-14(17)15(18)9-13/h5-6,9,11-12H,3-4,7-8,10,18H2,1-2H3,(H,19,21). The lowest BCUT2D eigenvalue weighted by Gasteiger charge is -2.20. The van der Waals surface area contributed by atoms with Gasteiger partial charge in [-0.15, -0.1) is 0 Å². The van der Waals surface area contributed by atoms with Crippen molar-refractivity contribution >= 4 is 17.3 Å². The van der Waals surface area contributed by atoms with Gasteiger partial charge in [-0.2, -0.15) is 0 Å². The fourth-order valence-electron chi connectivity index (χ4n) is 2.99. The van der Waals surface area contributed by atoms with Gasteiger partial charge in [0.2, 0.25) is 5.91 Å². The highest BCUT2D eigenvalue weighted by molar-refractivity contribution is 5.91. The van der Waals surface area contributed by atoms with E-state index in [0.29, 0.717) is 18.2 Å². The third-order valence-corrected chi connectivity index (χ3v) is 4.04. The molecule has 21 heavy (non-hydrogen) atoms. The molecule has 1 heterocycles. The van der Waals surface area contributed by atoms with E-state index in [1.54, 1.807) is 0 Å². The van der Waals surface area contributed by atoms with Gasteiger partial charge in [0.05, 0.1) is 5.69 Å². The van der Waals surface area contributed by atoms with Gasteiger partial charge in [-0.1, -0.05) is 6.92 Å². The maximum Gasteiger partial charge on any atom is 0.224 e. The van der Waals surface area contributed by atoms with Crippen LogP contribution in [0.4, 0.5) is 15.8 Å². The molecule has 0 aromatic heterocycles. The molecule has 1 aromatic carbocycles. The number of nitrogens with zero attached hydrogens (tertiary/aromatic N) is 1. The molecule has 0 radical (unpaired) electrons. The van der Waals surface area contributed by atoms with Gasteiger partial charge in [0.1, 0.15) is 5.82 Å². The molecule has 1 aliphatic rings. The highest BCUT2D eigenvalue weighted by atomic mass is 19.1. The lowest BCUT2D eigenvalue weighted by atomic mass is 10.1. The van der Waals surface area contributed by atoms with Gasteiger partial charge in [-0.25, -0.2) is 4.39 Å². The van der Waals surface area contributed by atoms with Crippen molar-refractivity contribution in [3.05, 3.63) is 24.0 Å². The molecule has 0 spiro atoms. The van der Waals surface area contributed by atoms with Crippen LogP contribution in [0.15, 0.2) is 18.2 Å². The summed E-state index contributed by atoms with van der Waals surface area (Å²) >= 11 is 0. The number of amides is 1. The summed E-state index contributed by atoms with van der Waals surface area (Å²) in [6.45, 7) is 6.58. The summed E-state index contributed by atoms with van der Waals surface area (Å²) in [7, 11) is 0. The molecule has 4 nitrogen and oxygen atoms in total. The van der Waals surface area contributed by atoms with Crippen molar-refractivity contribution in [2.45, 2.75) is 39.2 Å². The molecular formula is C16H24FN3O. The Morgan fingerprint density at radius 1 is 1.48 bits per heavy atom. The van der Waals surface area contributed by atoms with Crippen molar-refractivity contribution in [2.75, 3.05) is 24.1 Å². The largest absolute Gasteiger partial charge is 0.396 e. The van der Waals surface area contributed by atoms with Crippen LogP contribution in [-0.4, -0.2) is 29.9 Å². The van der Waals surface area contributed by atoms with Crippen LogP contribution in [-0.2, 0) is 4.79 Å². The van der Waals surface area contributed by atoms with Crippen LogP contribution >= 0.6 is 0 Å². The average Bonchev–Trinajstić information content (AvgIpc) is 2.72. The van der Waals surface area contributed by atoms with E-state index in [9.17, 15) is 9.18 Å². The summed E-state index contributed by atoms with van der Waals surface area (Å²) in [6, 6.07) is 4.84. The molecule has 2 rings (SSSR count). The first-order valence-electron chi connectivity index (χ1n) is 7.54. The molecule has 0 saturated carbocycles. The van der Waals surface area contributed by atoms with Crippen LogP contribution in [0.2, 0.25) is 0 Å². The Bertz CT molecular complexity index is 506. The maximum atomic E-state index is 13.0. The van der Waals surface area contributed by atoms with Crippen LogP contribution in [0.1, 0.15) is 33.1 Å². The molecule has 1 fully saturated rings. The first kappa shape index (κ1) is 15.8. The molecule has 0 aliphatic carbocycles. The summed E-state index contributed by atoms with van der Waals surface area (Å²) in [6.07, 6.45) is 2.54. The molecule has 2 unspecified atom stereocenters. The van der Waals surface area contributed by atoms with Crippen molar-refractivity contribution in [2.24, 2.45) is 5.92 Å². The highest BCUT2D eigenvalue weighted by Crippen LogP contribution is 2.22. The summed E-state index contributed by atoms with van der Waals surface area (Å²) in [5, 5.41) is 2.75. The highest BCUT2D eigenvalue weighted by Gasteiger charge is 2.25. The van der Waals surface area contributed by atoms with Crippen molar-refractivity contribution in [3.63, 3.8) is 0 Å². The Kier molecular flexibility index (Phi) is 5.17. The van der Waals surface area contributed by atoms with Crippen molar-refractivity contribution in [3.8, 4) is 0 Å². The molecule has 3 N–H and O–H groups in total. The quantitative estimate of drug-likeness (QED) is 0.821. The van der Waals surface area contributed by atoms with E-state index in [-0.39, 0.29) is 11.6 Å². The number of halogens is 1. The van der Waals surface area contributed by atoms with Crippen molar-refractivity contribution < 1.29 is 9.18 Å². The van der Waals surface area contributed by atoms with Crippen molar-refractivity contribution in [1.82, 2.24) is 4.90 Å². The smallest absolute Gasteiger partial charge is 0.224 e. The zero-order valence-corrected chi connectivity index (χ0v) is 12.7. The molecule has 1 saturated heterocycles. The fourth-order valence-corrected chi connectivity index (χ4v) is 2.99. The molecule has 2 atom stereocenters. The van der Waals surface area contributed by atoms with E-state index in [1.165, 1.54) is 24.6 Å². The number of hydrogen-bond acceptors (Lipinski definition) is 3. The second-order valence-corrected chi connectivity index (χ2v) is 6.07. The minimum absolute atomic E-state index is 0.0488. The minimum Gasteiger partial charge on any atom is -0.396 e. The van der Waals surface area contributed by atoms with Crippen molar-refractivity contribution in [1.29, 1.82) is 0 Å². The fraction of sp³-hybridized carbons (Fsp3) is 0.562. The number of rotatable bonds is 5. The Morgan fingerprint density at radius 2 is 2.24 bits per heavy atom. The van der Waals surface area contributed by atoms with Crippen LogP contribution in [0.5, 0.6) is 0 Å². The lowest BCUT2D eigenvalue weighted by Crippen LogP contribution is -2.29. The topological polar surface area (TPSA) is 58.4 Å². The lowest BCUT2D eigenvalue weighted by molar-refractivity contribution is -0.116. The summed E-state index contributed by atoms with van der Waals surface area (Å²) in [5.41, 5.74) is 6.07. The number of anilines is 2. The van der Waals surface area contributed by atoms with E-state index < -0.39 is 5.82 Å². The minimum atomic E-state index is -0.467. The van der Waals surface area contributed by atoms with Crippen LogP contribution < -0.4 is 11.1 Å². The Morgan fingerprint density at radius 3 is 2.86 bits per heavy atom. The predicted molar refractivity (Wildman–Crippen MR) is 83.5 cm³/mol. The number of hydrogen-bond donors (Lipinski definition) is 2. The monoisotopic (exact) mass is 293 g/mol. The normalized spacial score (nSPS) is 22.4. The van der Waals surface area contributed by atoms with Gasteiger partial charge in [0, 0.05) is 24.7 Å². The van der Waals surface area contributed by atoms with Crippen LogP contribution in [0, 0.1) is 11.7 Å². The maximum absolute atomic E-state index is 13.0. The Labute approximate surface area is 125 Å². The van der Waals surface area contributed by atoms with E-state index in [0.717, 1.165) is 25.4 Å². The number of carbonyl (C=O) groups excluding carboxylic acids is 1. The summed E-state index contributed by atoms with van der Waals surface area (Å²) < 4.78 is 13.0. The number of nitrogens with one attached hydrogen (secondary N) is 1. The Hall–Kier alpha value is -1.62. The Balaban J connectivity index is 1.73. The second kappa shape index (κ2) is 6.89. The third kappa shape index (κ3) is 4.43. The first-order valence-corrected chi connectivity index (χ1v) is 7.54. The van der Waals surface area contributed by atoms with Gasteiger partial charge in [0.25, 0.3) is 0 Å². The molecule has 1 aliphatic heterocycles. The molecular weight excluding hydrogens is 269 g/mol. The van der Waals surface area contributed by atoms with Gasteiger partial charge >= 0.3 is 0 Å². The van der Waals surface area contributed by atoms with Gasteiger partial charge in [-0.3, -0.25) is 4.79 Å². The molecule has 116 valence electrons. The van der Waals surface area contributed by atoms with Crippen LogP contribution in [0.3, 0.4) is 0 Å². The predicted octanol–water partition coefficient (Wildman–Crippen LogP) is 2.86. The van der Waals surface area contributed by atoms with Gasteiger partial charge < -0.3 is 16.0 Å². The number of nitrogen functional groups attached to an aromatic ring is 1. The second-order valence-electron chi connectivity index (χ2n) is 6.07. The van der Waals surface area contributed by atoms with Crippen LogP contribution in [0.25, 0.3) is 0 Å². The molecule has 1 aromatic rings. The number of carbonyl (C=O) groups is 1. The van der Waals surface area contributed by atoms with Gasteiger partial charge in [0.15, 0.2) is 0 Å². The first-order chi connectivity index (χ1) is 9.95. The SMILES string of the molecule is CC1CC(C)N(CCCC(=O)Nc2ccc(F)c(N)c2)C1. The molecule has 1 amide bonds. The summed E-state index contributed by atoms with van der Waals surface area (Å²) in [4.78, 5) is 14.3. The number of nitrogens with two attached hydrogens (primary N) is 1. The van der Waals surface area contributed by atoms with E-state index >= 15 is 0 Å². The third-order valence-electron chi connectivity index (χ3n) is 4.04. The van der Waals surface area contributed by atoms with E-state index in [2.05, 4.69) is 24.1 Å². The average molecular weight is 293 g/mol. The van der Waals surface area contributed by atoms with E-state index in [4.69, 9.17) is 5.73 Å².